The number of amides is 1. The Morgan fingerprint density at radius 1 is 0.897 bits per heavy atom. The predicted octanol–water partition coefficient (Wildman–Crippen LogP) is 6.79. The predicted molar refractivity (Wildman–Crippen MR) is 153 cm³/mol. The van der Waals surface area contributed by atoms with Crippen molar-refractivity contribution in [3.8, 4) is 0 Å². The number of carboxylic acid groups (broad SMARTS) is 1. The fourth-order valence-electron chi connectivity index (χ4n) is 4.52. The van der Waals surface area contributed by atoms with E-state index < -0.39 is 5.97 Å². The number of aromatic carboxylic acids is 1. The lowest BCUT2D eigenvalue weighted by Gasteiger charge is -2.15. The molecule has 1 saturated heterocycles. The van der Waals surface area contributed by atoms with Gasteiger partial charge in [0.25, 0.3) is 5.91 Å². The Balaban J connectivity index is 1.37. The molecule has 5 aromatic rings. The molecule has 8 heteroatoms. The molecule has 0 spiro atoms. The normalized spacial score (nSPS) is 15.6. The fraction of sp³-hybridized carbons (Fsp3) is 0.0645. The highest BCUT2D eigenvalue weighted by molar-refractivity contribution is 8.18. The SMILES string of the molecule is O=C(O)c1ccc(Cn2cc(/C=C3\SC(=Nc4ccccc4)N(Cc4ccccc4)C3=O)c3ccccc32)o1. The Labute approximate surface area is 228 Å². The summed E-state index contributed by atoms with van der Waals surface area (Å²) in [5, 5.41) is 10.8. The van der Waals surface area contributed by atoms with Crippen LogP contribution in [0.4, 0.5) is 5.69 Å². The summed E-state index contributed by atoms with van der Waals surface area (Å²) in [6, 6.07) is 30.5. The van der Waals surface area contributed by atoms with Gasteiger partial charge in [0, 0.05) is 22.7 Å². The summed E-state index contributed by atoms with van der Waals surface area (Å²) in [4.78, 5) is 32.0. The van der Waals surface area contributed by atoms with Gasteiger partial charge in [-0.2, -0.15) is 0 Å². The first kappa shape index (κ1) is 24.5. The minimum absolute atomic E-state index is 0.0968. The molecule has 39 heavy (non-hydrogen) atoms. The number of para-hydroxylation sites is 2. The maximum Gasteiger partial charge on any atom is 0.371 e. The van der Waals surface area contributed by atoms with Crippen LogP contribution in [-0.2, 0) is 17.9 Å². The van der Waals surface area contributed by atoms with Crippen LogP contribution in [-0.4, -0.2) is 31.6 Å². The third kappa shape index (κ3) is 5.15. The third-order valence-corrected chi connectivity index (χ3v) is 7.36. The quantitative estimate of drug-likeness (QED) is 0.233. The number of aromatic nitrogens is 1. The Kier molecular flexibility index (Phi) is 6.61. The zero-order chi connectivity index (χ0) is 26.8. The molecule has 1 aliphatic heterocycles. The summed E-state index contributed by atoms with van der Waals surface area (Å²) < 4.78 is 7.48. The molecule has 2 aromatic heterocycles. The van der Waals surface area contributed by atoms with Crippen LogP contribution in [0.5, 0.6) is 0 Å². The smallest absolute Gasteiger partial charge is 0.371 e. The number of thioether (sulfide) groups is 1. The fourth-order valence-corrected chi connectivity index (χ4v) is 5.51. The summed E-state index contributed by atoms with van der Waals surface area (Å²) in [6.45, 7) is 0.779. The largest absolute Gasteiger partial charge is 0.475 e. The van der Waals surface area contributed by atoms with Gasteiger partial charge in [-0.15, -0.1) is 0 Å². The molecule has 1 fully saturated rings. The van der Waals surface area contributed by atoms with Gasteiger partial charge in [0.15, 0.2) is 5.17 Å². The molecule has 3 aromatic carbocycles. The summed E-state index contributed by atoms with van der Waals surface area (Å²) in [5.41, 5.74) is 3.63. The van der Waals surface area contributed by atoms with E-state index in [-0.39, 0.29) is 11.7 Å². The van der Waals surface area contributed by atoms with Gasteiger partial charge in [-0.25, -0.2) is 9.79 Å². The summed E-state index contributed by atoms with van der Waals surface area (Å²) >= 11 is 1.36. The maximum absolute atomic E-state index is 13.7. The number of benzene rings is 3. The Hall–Kier alpha value is -4.82. The van der Waals surface area contributed by atoms with Crippen LogP contribution < -0.4 is 0 Å². The number of carbonyl (C=O) groups is 2. The molecule has 0 saturated carbocycles. The number of hydrogen-bond acceptors (Lipinski definition) is 5. The summed E-state index contributed by atoms with van der Waals surface area (Å²) in [6.07, 6.45) is 3.87. The van der Waals surface area contributed by atoms with Gasteiger partial charge < -0.3 is 14.1 Å². The molecule has 3 heterocycles. The van der Waals surface area contributed by atoms with E-state index in [9.17, 15) is 14.7 Å². The van der Waals surface area contributed by atoms with E-state index in [1.54, 1.807) is 11.0 Å². The van der Waals surface area contributed by atoms with Crippen molar-refractivity contribution in [2.24, 2.45) is 4.99 Å². The van der Waals surface area contributed by atoms with Crippen molar-refractivity contribution in [2.45, 2.75) is 13.1 Å². The maximum atomic E-state index is 13.7. The molecule has 0 bridgehead atoms. The number of carbonyl (C=O) groups excluding carboxylic acids is 1. The van der Waals surface area contributed by atoms with Crippen molar-refractivity contribution in [1.29, 1.82) is 0 Å². The number of amidine groups is 1. The molecule has 6 rings (SSSR count). The van der Waals surface area contributed by atoms with Crippen molar-refractivity contribution in [2.75, 3.05) is 0 Å². The van der Waals surface area contributed by atoms with Gasteiger partial charge >= 0.3 is 5.97 Å². The number of furan rings is 1. The van der Waals surface area contributed by atoms with Gasteiger partial charge in [-0.05, 0) is 53.7 Å². The number of carboxylic acids is 1. The van der Waals surface area contributed by atoms with Gasteiger partial charge in [0.1, 0.15) is 5.76 Å². The highest BCUT2D eigenvalue weighted by Gasteiger charge is 2.33. The Morgan fingerprint density at radius 2 is 1.62 bits per heavy atom. The van der Waals surface area contributed by atoms with Gasteiger partial charge in [0.2, 0.25) is 5.76 Å². The second-order valence-electron chi connectivity index (χ2n) is 9.02. The first-order valence-corrected chi connectivity index (χ1v) is 13.2. The van der Waals surface area contributed by atoms with E-state index in [4.69, 9.17) is 9.41 Å². The van der Waals surface area contributed by atoms with Gasteiger partial charge in [0.05, 0.1) is 23.7 Å². The van der Waals surface area contributed by atoms with Gasteiger partial charge in [-0.3, -0.25) is 9.69 Å². The molecule has 0 radical (unpaired) electrons. The molecule has 1 N–H and O–H groups in total. The monoisotopic (exact) mass is 533 g/mol. The van der Waals surface area contributed by atoms with E-state index in [0.29, 0.717) is 28.9 Å². The lowest BCUT2D eigenvalue weighted by molar-refractivity contribution is -0.122. The molecule has 1 amide bonds. The van der Waals surface area contributed by atoms with E-state index in [0.717, 1.165) is 27.7 Å². The lowest BCUT2D eigenvalue weighted by atomic mass is 10.1. The van der Waals surface area contributed by atoms with Crippen molar-refractivity contribution in [1.82, 2.24) is 9.47 Å². The standard InChI is InChI=1S/C31H23N3O4S/c35-29-28(39-31(32-23-11-5-2-6-12-23)34(29)18-21-9-3-1-4-10-21)17-22-19-33(26-14-8-7-13-25(22)26)20-24-15-16-27(38-24)30(36)37/h1-17,19H,18,20H2,(H,36,37)/b28-17-,32-31?. The molecule has 1 aliphatic rings. The van der Waals surface area contributed by atoms with Crippen LogP contribution in [0.15, 0.2) is 118 Å². The Bertz CT molecular complexity index is 1740. The zero-order valence-corrected chi connectivity index (χ0v) is 21.5. The van der Waals surface area contributed by atoms with E-state index >= 15 is 0 Å². The molecule has 0 atom stereocenters. The number of aliphatic imine (C=N–C) groups is 1. The lowest BCUT2D eigenvalue weighted by Crippen LogP contribution is -2.28. The van der Waals surface area contributed by atoms with Crippen molar-refractivity contribution in [3.05, 3.63) is 131 Å². The molecule has 7 nitrogen and oxygen atoms in total. The van der Waals surface area contributed by atoms with Crippen LogP contribution in [0.1, 0.15) is 27.4 Å². The highest BCUT2D eigenvalue weighted by Crippen LogP contribution is 2.36. The van der Waals surface area contributed by atoms with Crippen molar-refractivity contribution >= 4 is 51.5 Å². The first-order valence-electron chi connectivity index (χ1n) is 12.3. The van der Waals surface area contributed by atoms with Crippen molar-refractivity contribution < 1.29 is 19.1 Å². The minimum atomic E-state index is -1.10. The average molecular weight is 534 g/mol. The number of hydrogen-bond donors (Lipinski definition) is 1. The van der Waals surface area contributed by atoms with Gasteiger partial charge in [-0.1, -0.05) is 66.7 Å². The molecular weight excluding hydrogens is 510 g/mol. The van der Waals surface area contributed by atoms with Crippen LogP contribution in [0.2, 0.25) is 0 Å². The highest BCUT2D eigenvalue weighted by atomic mass is 32.2. The van der Waals surface area contributed by atoms with Crippen LogP contribution in [0.3, 0.4) is 0 Å². The number of nitrogens with zero attached hydrogens (tertiary/aromatic N) is 3. The molecule has 0 aliphatic carbocycles. The minimum Gasteiger partial charge on any atom is -0.475 e. The van der Waals surface area contributed by atoms with E-state index in [1.165, 1.54) is 17.8 Å². The molecule has 0 unspecified atom stereocenters. The van der Waals surface area contributed by atoms with E-state index in [2.05, 4.69) is 0 Å². The number of fused-ring (bicyclic) bond motifs is 1. The average Bonchev–Trinajstić information content (AvgIpc) is 3.64. The van der Waals surface area contributed by atoms with Crippen molar-refractivity contribution in [3.63, 3.8) is 0 Å². The molecular formula is C31H23N3O4S. The van der Waals surface area contributed by atoms with Crippen LogP contribution >= 0.6 is 11.8 Å². The summed E-state index contributed by atoms with van der Waals surface area (Å²) in [5.74, 6) is -0.771. The first-order chi connectivity index (χ1) is 19.0. The topological polar surface area (TPSA) is 88.0 Å². The third-order valence-electron chi connectivity index (χ3n) is 6.36. The second-order valence-corrected chi connectivity index (χ2v) is 10.0. The zero-order valence-electron chi connectivity index (χ0n) is 20.7. The molecule has 192 valence electrons. The number of rotatable bonds is 7. The van der Waals surface area contributed by atoms with Crippen LogP contribution in [0.25, 0.3) is 17.0 Å². The second kappa shape index (κ2) is 10.5. The Morgan fingerprint density at radius 3 is 2.36 bits per heavy atom. The summed E-state index contributed by atoms with van der Waals surface area (Å²) in [7, 11) is 0. The van der Waals surface area contributed by atoms with E-state index in [1.807, 2.05) is 102 Å². The van der Waals surface area contributed by atoms with Crippen LogP contribution in [0, 0.1) is 0 Å².